The van der Waals surface area contributed by atoms with E-state index in [1.54, 1.807) is 54.6 Å². The quantitative estimate of drug-likeness (QED) is 0.413. The minimum absolute atomic E-state index is 0.199. The average molecular weight is 421 g/mol. The fraction of sp³-hybridized carbons (Fsp3) is 0.0833. The van der Waals surface area contributed by atoms with Crippen molar-refractivity contribution < 1.29 is 23.8 Å². The first-order valence-corrected chi connectivity index (χ1v) is 9.56. The molecule has 0 radical (unpaired) electrons. The van der Waals surface area contributed by atoms with Crippen LogP contribution in [-0.4, -0.2) is 18.9 Å². The number of rotatable bonds is 5. The monoisotopic (exact) mass is 420 g/mol. The van der Waals surface area contributed by atoms with Crippen LogP contribution in [0.3, 0.4) is 0 Å². The third-order valence-corrected chi connectivity index (χ3v) is 4.96. The Morgan fingerprint density at radius 1 is 1.07 bits per heavy atom. The molecule has 1 aliphatic heterocycles. The molecule has 0 unspecified atom stereocenters. The smallest absolute Gasteiger partial charge is 0.337 e. The lowest BCUT2D eigenvalue weighted by atomic mass is 10.1. The predicted molar refractivity (Wildman–Crippen MR) is 113 cm³/mol. The summed E-state index contributed by atoms with van der Waals surface area (Å²) >= 11 is 6.16. The molecule has 1 aliphatic rings. The van der Waals surface area contributed by atoms with Crippen LogP contribution in [0.5, 0.6) is 11.5 Å². The Bertz CT molecular complexity index is 1150. The van der Waals surface area contributed by atoms with Crippen LogP contribution in [0, 0.1) is 0 Å². The maximum atomic E-state index is 12.6. The zero-order valence-electron chi connectivity index (χ0n) is 16.1. The van der Waals surface area contributed by atoms with Crippen LogP contribution in [0.2, 0.25) is 5.02 Å². The highest BCUT2D eigenvalue weighted by molar-refractivity contribution is 6.32. The fourth-order valence-electron chi connectivity index (χ4n) is 3.01. The number of allylic oxidation sites excluding steroid dienone is 1. The zero-order valence-corrected chi connectivity index (χ0v) is 16.8. The van der Waals surface area contributed by atoms with Crippen LogP contribution in [0.4, 0.5) is 0 Å². The van der Waals surface area contributed by atoms with Gasteiger partial charge in [0.1, 0.15) is 18.1 Å². The average Bonchev–Trinajstić information content (AvgIpc) is 3.08. The molecule has 0 fully saturated rings. The molecule has 0 aliphatic carbocycles. The van der Waals surface area contributed by atoms with Gasteiger partial charge in [-0.25, -0.2) is 4.79 Å². The lowest BCUT2D eigenvalue weighted by Gasteiger charge is -2.08. The van der Waals surface area contributed by atoms with Crippen LogP contribution in [0.1, 0.15) is 31.8 Å². The predicted octanol–water partition coefficient (Wildman–Crippen LogP) is 5.32. The van der Waals surface area contributed by atoms with Crippen molar-refractivity contribution in [2.75, 3.05) is 7.11 Å². The largest absolute Gasteiger partial charge is 0.489 e. The highest BCUT2D eigenvalue weighted by atomic mass is 35.5. The first-order valence-electron chi connectivity index (χ1n) is 9.18. The molecule has 3 aromatic rings. The van der Waals surface area contributed by atoms with E-state index < -0.39 is 0 Å². The van der Waals surface area contributed by atoms with E-state index in [1.165, 1.54) is 7.11 Å². The Morgan fingerprint density at radius 3 is 2.57 bits per heavy atom. The Hall–Kier alpha value is -3.57. The third-order valence-electron chi connectivity index (χ3n) is 4.61. The number of halogens is 1. The van der Waals surface area contributed by atoms with E-state index in [1.807, 2.05) is 18.2 Å². The van der Waals surface area contributed by atoms with Crippen LogP contribution in [-0.2, 0) is 11.3 Å². The summed E-state index contributed by atoms with van der Waals surface area (Å²) in [5, 5.41) is 0.541. The van der Waals surface area contributed by atoms with Crippen LogP contribution >= 0.6 is 11.6 Å². The van der Waals surface area contributed by atoms with Gasteiger partial charge >= 0.3 is 5.97 Å². The minimum Gasteiger partial charge on any atom is -0.489 e. The molecule has 0 atom stereocenters. The minimum atomic E-state index is -0.386. The number of hydrogen-bond donors (Lipinski definition) is 0. The SMILES string of the molecule is COC(=O)c1ccc(COc2ccc3c(c2)OC(=Cc2ccccc2Cl)C3=O)cc1. The second kappa shape index (κ2) is 8.43. The molecular formula is C24H17ClO5. The fourth-order valence-corrected chi connectivity index (χ4v) is 3.20. The zero-order chi connectivity index (χ0) is 21.1. The van der Waals surface area contributed by atoms with E-state index in [4.69, 9.17) is 21.1 Å². The summed E-state index contributed by atoms with van der Waals surface area (Å²) in [5.41, 5.74) is 2.55. The maximum absolute atomic E-state index is 12.6. The second-order valence-electron chi connectivity index (χ2n) is 6.60. The lowest BCUT2D eigenvalue weighted by molar-refractivity contribution is 0.0600. The lowest BCUT2D eigenvalue weighted by Crippen LogP contribution is -2.02. The molecule has 0 bridgehead atoms. The van der Waals surface area contributed by atoms with Gasteiger partial charge in [-0.1, -0.05) is 41.9 Å². The number of fused-ring (bicyclic) bond motifs is 1. The highest BCUT2D eigenvalue weighted by Crippen LogP contribution is 2.35. The van der Waals surface area contributed by atoms with Gasteiger partial charge in [-0.2, -0.15) is 0 Å². The summed E-state index contributed by atoms with van der Waals surface area (Å²) in [6.45, 7) is 0.302. The molecule has 0 N–H and O–H groups in total. The van der Waals surface area contributed by atoms with Gasteiger partial charge in [-0.3, -0.25) is 4.79 Å². The maximum Gasteiger partial charge on any atom is 0.337 e. The molecule has 0 amide bonds. The number of Topliss-reactive ketones (excluding diaryl/α,β-unsaturated/α-hetero) is 1. The summed E-state index contributed by atoms with van der Waals surface area (Å²) in [6, 6.07) is 19.3. The normalized spacial score (nSPS) is 13.7. The number of ether oxygens (including phenoxy) is 3. The number of carbonyl (C=O) groups excluding carboxylic acids is 2. The summed E-state index contributed by atoms with van der Waals surface area (Å²) in [7, 11) is 1.34. The van der Waals surface area contributed by atoms with Crippen molar-refractivity contribution in [2.45, 2.75) is 6.61 Å². The Labute approximate surface area is 178 Å². The third kappa shape index (κ3) is 4.07. The number of carbonyl (C=O) groups is 2. The molecule has 4 rings (SSSR count). The molecule has 0 spiro atoms. The summed E-state index contributed by atoms with van der Waals surface area (Å²) < 4.78 is 16.2. The van der Waals surface area contributed by atoms with Gasteiger partial charge < -0.3 is 14.2 Å². The van der Waals surface area contributed by atoms with E-state index in [9.17, 15) is 9.59 Å². The second-order valence-corrected chi connectivity index (χ2v) is 7.00. The van der Waals surface area contributed by atoms with Crippen LogP contribution in [0.15, 0.2) is 72.5 Å². The van der Waals surface area contributed by atoms with Crippen molar-refractivity contribution in [1.29, 1.82) is 0 Å². The van der Waals surface area contributed by atoms with E-state index in [0.717, 1.165) is 5.56 Å². The van der Waals surface area contributed by atoms with Gasteiger partial charge in [-0.15, -0.1) is 0 Å². The number of esters is 1. The van der Waals surface area contributed by atoms with Gasteiger partial charge in [0.05, 0.1) is 18.2 Å². The number of ketones is 1. The van der Waals surface area contributed by atoms with Crippen LogP contribution in [0.25, 0.3) is 6.08 Å². The molecular weight excluding hydrogens is 404 g/mol. The highest BCUT2D eigenvalue weighted by Gasteiger charge is 2.28. The van der Waals surface area contributed by atoms with E-state index in [2.05, 4.69) is 4.74 Å². The Balaban J connectivity index is 1.46. The molecule has 30 heavy (non-hydrogen) atoms. The van der Waals surface area contributed by atoms with Crippen molar-refractivity contribution in [3.05, 3.63) is 99.8 Å². The van der Waals surface area contributed by atoms with Crippen molar-refractivity contribution in [3.8, 4) is 11.5 Å². The number of benzene rings is 3. The molecule has 150 valence electrons. The molecule has 3 aromatic carbocycles. The van der Waals surface area contributed by atoms with Gasteiger partial charge in [-0.05, 0) is 47.5 Å². The molecule has 5 nitrogen and oxygen atoms in total. The summed E-state index contributed by atoms with van der Waals surface area (Å²) in [6.07, 6.45) is 1.63. The van der Waals surface area contributed by atoms with Crippen molar-refractivity contribution in [1.82, 2.24) is 0 Å². The van der Waals surface area contributed by atoms with Crippen molar-refractivity contribution in [2.24, 2.45) is 0 Å². The van der Waals surface area contributed by atoms with E-state index in [-0.39, 0.29) is 17.5 Å². The molecule has 1 heterocycles. The number of hydrogen-bond acceptors (Lipinski definition) is 5. The van der Waals surface area contributed by atoms with Gasteiger partial charge in [0.15, 0.2) is 5.76 Å². The molecule has 6 heteroatoms. The van der Waals surface area contributed by atoms with Gasteiger partial charge in [0.2, 0.25) is 5.78 Å². The molecule has 0 aromatic heterocycles. The van der Waals surface area contributed by atoms with Crippen molar-refractivity contribution >= 4 is 29.4 Å². The topological polar surface area (TPSA) is 61.8 Å². The Kier molecular flexibility index (Phi) is 5.55. The first-order chi connectivity index (χ1) is 14.5. The van der Waals surface area contributed by atoms with E-state index in [0.29, 0.717) is 39.8 Å². The van der Waals surface area contributed by atoms with E-state index >= 15 is 0 Å². The van der Waals surface area contributed by atoms with Gasteiger partial charge in [0.25, 0.3) is 0 Å². The first kappa shape index (κ1) is 19.7. The van der Waals surface area contributed by atoms with Crippen LogP contribution < -0.4 is 9.47 Å². The van der Waals surface area contributed by atoms with Gasteiger partial charge in [0, 0.05) is 11.1 Å². The number of methoxy groups -OCH3 is 1. The van der Waals surface area contributed by atoms with Crippen molar-refractivity contribution in [3.63, 3.8) is 0 Å². The Morgan fingerprint density at radius 2 is 1.83 bits per heavy atom. The summed E-state index contributed by atoms with van der Waals surface area (Å²) in [4.78, 5) is 24.1. The summed E-state index contributed by atoms with van der Waals surface area (Å²) in [5.74, 6) is 0.640. The molecule has 0 saturated heterocycles. The standard InChI is InChI=1S/C24H17ClO5/c1-28-24(27)16-8-6-15(7-9-16)14-29-18-10-11-19-21(13-18)30-22(23(19)26)12-17-4-2-3-5-20(17)25/h2-13H,14H2,1H3. The molecule has 0 saturated carbocycles.